The van der Waals surface area contributed by atoms with Crippen LogP contribution in [0.2, 0.25) is 0 Å². The Morgan fingerprint density at radius 2 is 2.25 bits per heavy atom. The van der Waals surface area contributed by atoms with E-state index in [4.69, 9.17) is 4.74 Å². The highest BCUT2D eigenvalue weighted by Crippen LogP contribution is 2.23. The Morgan fingerprint density at radius 3 is 3.00 bits per heavy atom. The van der Waals surface area contributed by atoms with Crippen molar-refractivity contribution in [2.75, 3.05) is 7.11 Å². The smallest absolute Gasteiger partial charge is 0.119 e. The number of ether oxygens (including phenoxy) is 1. The highest BCUT2D eigenvalue weighted by Gasteiger charge is 2.11. The molecule has 0 unspecified atom stereocenters. The van der Waals surface area contributed by atoms with Gasteiger partial charge in [0.15, 0.2) is 0 Å². The van der Waals surface area contributed by atoms with E-state index in [1.807, 2.05) is 13.0 Å². The molecule has 2 heteroatoms. The number of nitrogens with zero attached hydrogens (tertiary/aromatic N) is 1. The molecule has 0 spiro atoms. The third-order valence-electron chi connectivity index (χ3n) is 2.19. The topological polar surface area (TPSA) is 21.6 Å². The summed E-state index contributed by atoms with van der Waals surface area (Å²) in [5.41, 5.74) is 3.66. The number of benzene rings is 1. The van der Waals surface area contributed by atoms with Gasteiger partial charge < -0.3 is 4.74 Å². The van der Waals surface area contributed by atoms with E-state index in [9.17, 15) is 0 Å². The molecule has 0 radical (unpaired) electrons. The predicted octanol–water partition coefficient (Wildman–Crippen LogP) is 2.02. The van der Waals surface area contributed by atoms with Gasteiger partial charge in [0.25, 0.3) is 0 Å². The molecule has 1 aliphatic heterocycles. The summed E-state index contributed by atoms with van der Waals surface area (Å²) in [6.45, 7) is 2.84. The fourth-order valence-corrected chi connectivity index (χ4v) is 1.47. The molecule has 0 aliphatic carbocycles. The maximum atomic E-state index is 5.12. The average molecular weight is 161 g/mol. The lowest BCUT2D eigenvalue weighted by Crippen LogP contribution is -1.92. The van der Waals surface area contributed by atoms with Crippen LogP contribution >= 0.6 is 0 Å². The van der Waals surface area contributed by atoms with Gasteiger partial charge in [-0.1, -0.05) is 0 Å². The van der Waals surface area contributed by atoms with E-state index in [1.54, 1.807) is 7.11 Å². The van der Waals surface area contributed by atoms with Crippen molar-refractivity contribution in [1.82, 2.24) is 0 Å². The van der Waals surface area contributed by atoms with Gasteiger partial charge in [-0.2, -0.15) is 0 Å². The summed E-state index contributed by atoms with van der Waals surface area (Å²) >= 11 is 0. The number of fused-ring (bicyclic) bond motifs is 1. The molecule has 0 saturated heterocycles. The van der Waals surface area contributed by atoms with Crippen LogP contribution in [0.15, 0.2) is 23.2 Å². The molecule has 0 aromatic heterocycles. The summed E-state index contributed by atoms with van der Waals surface area (Å²) in [6, 6.07) is 6.10. The minimum Gasteiger partial charge on any atom is -0.497 e. The van der Waals surface area contributed by atoms with Crippen LogP contribution < -0.4 is 4.74 Å². The number of rotatable bonds is 1. The van der Waals surface area contributed by atoms with E-state index < -0.39 is 0 Å². The zero-order valence-electron chi connectivity index (χ0n) is 7.29. The summed E-state index contributed by atoms with van der Waals surface area (Å²) in [5, 5.41) is 0. The van der Waals surface area contributed by atoms with Crippen molar-refractivity contribution < 1.29 is 4.74 Å². The van der Waals surface area contributed by atoms with Gasteiger partial charge in [-0.15, -0.1) is 0 Å². The van der Waals surface area contributed by atoms with E-state index >= 15 is 0 Å². The van der Waals surface area contributed by atoms with Gasteiger partial charge in [0.2, 0.25) is 0 Å². The van der Waals surface area contributed by atoms with Gasteiger partial charge in [0, 0.05) is 11.3 Å². The fraction of sp³-hybridized carbons (Fsp3) is 0.300. The van der Waals surface area contributed by atoms with Crippen LogP contribution in [-0.4, -0.2) is 12.8 Å². The first-order chi connectivity index (χ1) is 5.81. The van der Waals surface area contributed by atoms with E-state index in [1.165, 1.54) is 11.1 Å². The minimum atomic E-state index is 0.804. The summed E-state index contributed by atoms with van der Waals surface area (Å²) < 4.78 is 5.12. The normalized spacial score (nSPS) is 14.0. The first kappa shape index (κ1) is 7.35. The Kier molecular flexibility index (Phi) is 1.61. The number of hydrogen-bond donors (Lipinski definition) is 0. The fourth-order valence-electron chi connectivity index (χ4n) is 1.47. The Hall–Kier alpha value is -1.31. The van der Waals surface area contributed by atoms with Gasteiger partial charge in [0.05, 0.1) is 13.7 Å². The molecule has 1 heterocycles. The maximum Gasteiger partial charge on any atom is 0.119 e. The minimum absolute atomic E-state index is 0.804. The van der Waals surface area contributed by atoms with E-state index in [-0.39, 0.29) is 0 Å². The molecular formula is C10H11NO. The Labute approximate surface area is 71.9 Å². The van der Waals surface area contributed by atoms with Crippen LogP contribution in [0.1, 0.15) is 18.1 Å². The van der Waals surface area contributed by atoms with Gasteiger partial charge in [-0.3, -0.25) is 4.99 Å². The third-order valence-corrected chi connectivity index (χ3v) is 2.19. The average Bonchev–Trinajstić information content (AvgIpc) is 2.47. The Balaban J connectivity index is 2.46. The van der Waals surface area contributed by atoms with E-state index in [0.717, 1.165) is 18.0 Å². The van der Waals surface area contributed by atoms with Crippen LogP contribution in [0.3, 0.4) is 0 Å². The molecule has 2 rings (SSSR count). The van der Waals surface area contributed by atoms with Crippen molar-refractivity contribution in [3.05, 3.63) is 29.3 Å². The lowest BCUT2D eigenvalue weighted by Gasteiger charge is -2.02. The van der Waals surface area contributed by atoms with Crippen LogP contribution in [0, 0.1) is 0 Å². The molecule has 0 bridgehead atoms. The number of aliphatic imine (C=N–C) groups is 1. The molecule has 1 aromatic rings. The van der Waals surface area contributed by atoms with Crippen molar-refractivity contribution in [3.63, 3.8) is 0 Å². The highest BCUT2D eigenvalue weighted by molar-refractivity contribution is 6.02. The van der Waals surface area contributed by atoms with Gasteiger partial charge in [0.1, 0.15) is 5.75 Å². The molecular weight excluding hydrogens is 150 g/mol. The molecule has 0 saturated carbocycles. The zero-order chi connectivity index (χ0) is 8.55. The van der Waals surface area contributed by atoms with E-state index in [2.05, 4.69) is 17.1 Å². The number of hydrogen-bond acceptors (Lipinski definition) is 2. The molecule has 12 heavy (non-hydrogen) atoms. The summed E-state index contributed by atoms with van der Waals surface area (Å²) in [5.74, 6) is 0.915. The van der Waals surface area contributed by atoms with Crippen molar-refractivity contribution in [2.45, 2.75) is 13.5 Å². The SMILES string of the molecule is COc1ccc2c(c1)CN=C2C. The van der Waals surface area contributed by atoms with Gasteiger partial charge in [-0.05, 0) is 30.7 Å². The first-order valence-corrected chi connectivity index (χ1v) is 3.99. The molecule has 0 N–H and O–H groups in total. The first-order valence-electron chi connectivity index (χ1n) is 3.99. The second-order valence-corrected chi connectivity index (χ2v) is 2.92. The van der Waals surface area contributed by atoms with Crippen LogP contribution in [-0.2, 0) is 6.54 Å². The molecule has 0 amide bonds. The zero-order valence-corrected chi connectivity index (χ0v) is 7.29. The van der Waals surface area contributed by atoms with E-state index in [0.29, 0.717) is 0 Å². The highest BCUT2D eigenvalue weighted by atomic mass is 16.5. The van der Waals surface area contributed by atoms with Crippen molar-refractivity contribution in [2.24, 2.45) is 4.99 Å². The van der Waals surface area contributed by atoms with Crippen LogP contribution in [0.25, 0.3) is 0 Å². The largest absolute Gasteiger partial charge is 0.497 e. The van der Waals surface area contributed by atoms with Crippen LogP contribution in [0.4, 0.5) is 0 Å². The summed E-state index contributed by atoms with van der Waals surface area (Å²) in [6.07, 6.45) is 0. The maximum absolute atomic E-state index is 5.12. The summed E-state index contributed by atoms with van der Waals surface area (Å²) in [4.78, 5) is 4.34. The lowest BCUT2D eigenvalue weighted by atomic mass is 10.1. The Morgan fingerprint density at radius 1 is 1.42 bits per heavy atom. The van der Waals surface area contributed by atoms with Gasteiger partial charge in [-0.25, -0.2) is 0 Å². The van der Waals surface area contributed by atoms with Crippen molar-refractivity contribution >= 4 is 5.71 Å². The molecule has 62 valence electrons. The monoisotopic (exact) mass is 161 g/mol. The third kappa shape index (κ3) is 0.998. The molecule has 1 aromatic carbocycles. The second kappa shape index (κ2) is 2.63. The molecule has 0 fully saturated rings. The lowest BCUT2D eigenvalue weighted by molar-refractivity contribution is 0.414. The van der Waals surface area contributed by atoms with Crippen LogP contribution in [0.5, 0.6) is 5.75 Å². The van der Waals surface area contributed by atoms with Crippen molar-refractivity contribution in [3.8, 4) is 5.75 Å². The standard InChI is InChI=1S/C10H11NO/c1-7-10-4-3-9(12-2)5-8(10)6-11-7/h3-5H,6H2,1-2H3. The Bertz CT molecular complexity index is 342. The predicted molar refractivity (Wildman–Crippen MR) is 48.9 cm³/mol. The van der Waals surface area contributed by atoms with Gasteiger partial charge >= 0.3 is 0 Å². The number of methoxy groups -OCH3 is 1. The molecule has 1 aliphatic rings. The second-order valence-electron chi connectivity index (χ2n) is 2.92. The quantitative estimate of drug-likeness (QED) is 0.617. The van der Waals surface area contributed by atoms with Crippen molar-refractivity contribution in [1.29, 1.82) is 0 Å². The summed E-state index contributed by atoms with van der Waals surface area (Å²) in [7, 11) is 1.68. The molecule has 0 atom stereocenters. The molecule has 2 nitrogen and oxygen atoms in total.